The molecule has 0 heterocycles. The fourth-order valence-electron chi connectivity index (χ4n) is 0.611. The molecule has 0 fully saturated rings. The van der Waals surface area contributed by atoms with Gasteiger partial charge in [0.2, 0.25) is 0 Å². The van der Waals surface area contributed by atoms with Crippen molar-refractivity contribution in [1.29, 1.82) is 0 Å². The molecular weight excluding hydrogens is 182 g/mol. The molecule has 66 valence electrons. The molecule has 2 N–H and O–H groups in total. The normalized spacial score (nSPS) is 12.9. The zero-order valence-electron chi connectivity index (χ0n) is 6.66. The number of thioether (sulfide) groups is 1. The monoisotopic (exact) mass is 195 g/mol. The molecule has 0 aliphatic rings. The van der Waals surface area contributed by atoms with E-state index in [-0.39, 0.29) is 0 Å². The maximum Gasteiger partial charge on any atom is 0.321 e. The van der Waals surface area contributed by atoms with Gasteiger partial charge in [-0.3, -0.25) is 9.52 Å². The van der Waals surface area contributed by atoms with Crippen LogP contribution in [-0.4, -0.2) is 35.4 Å². The topological polar surface area (TPSA) is 49.3 Å². The first-order valence-corrected chi connectivity index (χ1v) is 5.84. The van der Waals surface area contributed by atoms with Crippen LogP contribution in [0.3, 0.4) is 0 Å². The van der Waals surface area contributed by atoms with Gasteiger partial charge in [0.1, 0.15) is 6.04 Å². The molecule has 0 aliphatic heterocycles. The quantitative estimate of drug-likeness (QED) is 0.621. The van der Waals surface area contributed by atoms with Gasteiger partial charge in [-0.2, -0.15) is 11.8 Å². The molecule has 0 radical (unpaired) electrons. The number of carboxylic acid groups (broad SMARTS) is 1. The van der Waals surface area contributed by atoms with Crippen LogP contribution in [0, 0.1) is 0 Å². The molecule has 5 heteroatoms. The Morgan fingerprint density at radius 1 is 1.64 bits per heavy atom. The van der Waals surface area contributed by atoms with Crippen LogP contribution in [0.4, 0.5) is 0 Å². The third-order valence-corrected chi connectivity index (χ3v) is 2.33. The number of aliphatic carboxylic acids is 1. The van der Waals surface area contributed by atoms with Crippen molar-refractivity contribution in [3.05, 3.63) is 0 Å². The number of carboxylic acids is 1. The van der Waals surface area contributed by atoms with Crippen LogP contribution in [0.2, 0.25) is 0 Å². The van der Waals surface area contributed by atoms with Crippen LogP contribution < -0.4 is 4.72 Å². The van der Waals surface area contributed by atoms with E-state index >= 15 is 0 Å². The molecule has 0 bridgehead atoms. The van der Waals surface area contributed by atoms with Crippen molar-refractivity contribution in [2.75, 3.05) is 18.3 Å². The van der Waals surface area contributed by atoms with Crippen molar-refractivity contribution < 1.29 is 9.90 Å². The van der Waals surface area contributed by atoms with Gasteiger partial charge in [0.05, 0.1) is 0 Å². The molecule has 0 aromatic heterocycles. The highest BCUT2D eigenvalue weighted by atomic mass is 32.2. The fraction of sp³-hybridized carbons (Fsp3) is 0.833. The second-order valence-electron chi connectivity index (χ2n) is 1.99. The number of hydrogen-bond donors (Lipinski definition) is 2. The zero-order valence-corrected chi connectivity index (χ0v) is 8.30. The second-order valence-corrected chi connectivity index (χ2v) is 3.62. The maximum absolute atomic E-state index is 10.5. The molecule has 0 spiro atoms. The van der Waals surface area contributed by atoms with Gasteiger partial charge in [0.25, 0.3) is 0 Å². The smallest absolute Gasteiger partial charge is 0.321 e. The summed E-state index contributed by atoms with van der Waals surface area (Å²) in [5.74, 6) is 0.109. The van der Waals surface area contributed by atoms with Crippen molar-refractivity contribution in [2.45, 2.75) is 12.5 Å². The Morgan fingerprint density at radius 3 is 2.64 bits per heavy atom. The summed E-state index contributed by atoms with van der Waals surface area (Å²) < 4.78 is 2.82. The number of nitrogens with one attached hydrogen (secondary N) is 1. The third kappa shape index (κ3) is 5.41. The van der Waals surface area contributed by atoms with E-state index in [0.717, 1.165) is 5.75 Å². The molecule has 0 saturated heterocycles. The number of hydrogen-bond acceptors (Lipinski definition) is 4. The van der Waals surface area contributed by atoms with Crippen LogP contribution in [0.5, 0.6) is 0 Å². The summed E-state index contributed by atoms with van der Waals surface area (Å²) in [6.45, 7) is 0. The molecule has 1 atom stereocenters. The Morgan fingerprint density at radius 2 is 2.27 bits per heavy atom. The van der Waals surface area contributed by atoms with Crippen molar-refractivity contribution in [1.82, 2.24) is 4.72 Å². The minimum atomic E-state index is -0.770. The van der Waals surface area contributed by atoms with Crippen LogP contribution in [0.1, 0.15) is 6.42 Å². The summed E-state index contributed by atoms with van der Waals surface area (Å²) in [7, 11) is 0. The van der Waals surface area contributed by atoms with Gasteiger partial charge in [0.15, 0.2) is 0 Å². The molecule has 3 nitrogen and oxygen atoms in total. The lowest BCUT2D eigenvalue weighted by Gasteiger charge is -2.10. The summed E-state index contributed by atoms with van der Waals surface area (Å²) in [6, 6.07) is -0.405. The molecule has 0 saturated carbocycles. The highest BCUT2D eigenvalue weighted by molar-refractivity contribution is 7.98. The maximum atomic E-state index is 10.5. The highest BCUT2D eigenvalue weighted by Gasteiger charge is 2.14. The molecule has 0 aliphatic carbocycles. The first kappa shape index (κ1) is 11.1. The van der Waals surface area contributed by atoms with Gasteiger partial charge in [-0.05, 0) is 24.7 Å². The average Bonchev–Trinajstić information content (AvgIpc) is 1.97. The molecule has 0 amide bonds. The van der Waals surface area contributed by atoms with Gasteiger partial charge in [-0.1, -0.05) is 11.9 Å². The molecule has 0 aromatic carbocycles. The fourth-order valence-corrected chi connectivity index (χ4v) is 1.59. The SMILES string of the molecule is CSCC[C@H](NSC)C(=O)O. The predicted molar refractivity (Wildman–Crippen MR) is 51.1 cm³/mol. The van der Waals surface area contributed by atoms with Crippen molar-refractivity contribution in [2.24, 2.45) is 0 Å². The van der Waals surface area contributed by atoms with Crippen molar-refractivity contribution in [3.63, 3.8) is 0 Å². The third-order valence-electron chi connectivity index (χ3n) is 1.17. The van der Waals surface area contributed by atoms with E-state index in [1.807, 2.05) is 12.5 Å². The summed E-state index contributed by atoms with van der Waals surface area (Å²) in [4.78, 5) is 10.5. The lowest BCUT2D eigenvalue weighted by molar-refractivity contribution is -0.138. The van der Waals surface area contributed by atoms with Crippen LogP contribution in [-0.2, 0) is 4.79 Å². The summed E-state index contributed by atoms with van der Waals surface area (Å²) in [5, 5.41) is 8.65. The van der Waals surface area contributed by atoms with Gasteiger partial charge in [0, 0.05) is 0 Å². The molecule has 11 heavy (non-hydrogen) atoms. The Balaban J connectivity index is 3.60. The second kappa shape index (κ2) is 6.82. The standard InChI is InChI=1S/C6H13NO2S2/c1-10-4-3-5(6(8)9)7-11-2/h5,7H,3-4H2,1-2H3,(H,8,9)/t5-/m0/s1. The van der Waals surface area contributed by atoms with Crippen LogP contribution in [0.25, 0.3) is 0 Å². The predicted octanol–water partition coefficient (Wildman–Crippen LogP) is 1.06. The van der Waals surface area contributed by atoms with Gasteiger partial charge >= 0.3 is 5.97 Å². The first-order chi connectivity index (χ1) is 5.22. The summed E-state index contributed by atoms with van der Waals surface area (Å²) in [6.07, 6.45) is 4.48. The Bertz CT molecular complexity index is 121. The molecular formula is C6H13NO2S2. The van der Waals surface area contributed by atoms with Crippen molar-refractivity contribution >= 4 is 29.7 Å². The van der Waals surface area contributed by atoms with Gasteiger partial charge in [-0.25, -0.2) is 0 Å². The summed E-state index contributed by atoms with van der Waals surface area (Å²) >= 11 is 3.01. The minimum Gasteiger partial charge on any atom is -0.480 e. The van der Waals surface area contributed by atoms with Gasteiger partial charge < -0.3 is 5.11 Å². The van der Waals surface area contributed by atoms with E-state index in [4.69, 9.17) is 5.11 Å². The molecule has 0 unspecified atom stereocenters. The van der Waals surface area contributed by atoms with Crippen molar-refractivity contribution in [3.8, 4) is 0 Å². The van der Waals surface area contributed by atoms with E-state index in [2.05, 4.69) is 4.72 Å². The van der Waals surface area contributed by atoms with Crippen LogP contribution >= 0.6 is 23.7 Å². The van der Waals surface area contributed by atoms with E-state index in [1.54, 1.807) is 11.8 Å². The van der Waals surface area contributed by atoms with E-state index in [9.17, 15) is 4.79 Å². The Kier molecular flexibility index (Phi) is 6.90. The molecule has 0 rings (SSSR count). The Hall–Kier alpha value is 0.130. The average molecular weight is 195 g/mol. The van der Waals surface area contributed by atoms with E-state index in [1.165, 1.54) is 11.9 Å². The van der Waals surface area contributed by atoms with Gasteiger partial charge in [-0.15, -0.1) is 0 Å². The van der Waals surface area contributed by atoms with Crippen LogP contribution in [0.15, 0.2) is 0 Å². The highest BCUT2D eigenvalue weighted by Crippen LogP contribution is 2.03. The van der Waals surface area contributed by atoms with E-state index < -0.39 is 12.0 Å². The lowest BCUT2D eigenvalue weighted by Crippen LogP contribution is -2.32. The molecule has 0 aromatic rings. The summed E-state index contributed by atoms with van der Waals surface area (Å²) in [5.41, 5.74) is 0. The number of rotatable bonds is 6. The lowest BCUT2D eigenvalue weighted by atomic mass is 10.2. The zero-order chi connectivity index (χ0) is 8.69. The first-order valence-electron chi connectivity index (χ1n) is 3.22. The minimum absolute atomic E-state index is 0.405. The van der Waals surface area contributed by atoms with E-state index in [0.29, 0.717) is 6.42 Å². The Labute approximate surface area is 75.5 Å². The number of carbonyl (C=O) groups is 1. The largest absolute Gasteiger partial charge is 0.480 e.